The fourth-order valence-electron chi connectivity index (χ4n) is 2.30. The molecule has 0 radical (unpaired) electrons. The summed E-state index contributed by atoms with van der Waals surface area (Å²) in [6.45, 7) is 0. The van der Waals surface area contributed by atoms with Crippen LogP contribution in [0.5, 0.6) is 0 Å². The maximum atomic E-state index is 6.02. The smallest absolute Gasteiger partial charge is 0.143 e. The second-order valence-corrected chi connectivity index (χ2v) is 6.97. The Morgan fingerprint density at radius 2 is 2.14 bits per heavy atom. The molecule has 0 amide bonds. The zero-order valence-electron chi connectivity index (χ0n) is 10.9. The maximum absolute atomic E-state index is 6.02. The fraction of sp³-hybridized carbons (Fsp3) is 0.0667. The van der Waals surface area contributed by atoms with Crippen LogP contribution in [0, 0.1) is 0 Å². The van der Waals surface area contributed by atoms with E-state index in [1.165, 1.54) is 15.8 Å². The van der Waals surface area contributed by atoms with Gasteiger partial charge in [0.05, 0.1) is 15.7 Å². The molecule has 0 saturated carbocycles. The van der Waals surface area contributed by atoms with Gasteiger partial charge in [0.25, 0.3) is 0 Å². The lowest BCUT2D eigenvalue weighted by Crippen LogP contribution is -1.93. The summed E-state index contributed by atoms with van der Waals surface area (Å²) in [6.07, 6.45) is 1.77. The van der Waals surface area contributed by atoms with E-state index in [4.69, 9.17) is 11.6 Å². The summed E-state index contributed by atoms with van der Waals surface area (Å²) in [5.41, 5.74) is 3.48. The van der Waals surface area contributed by atoms with Gasteiger partial charge in [0.15, 0.2) is 0 Å². The lowest BCUT2D eigenvalue weighted by Gasteiger charge is -2.03. The first kappa shape index (κ1) is 13.1. The lowest BCUT2D eigenvalue weighted by atomic mass is 10.2. The normalized spacial score (nSPS) is 11.5. The Bertz CT molecular complexity index is 929. The zero-order chi connectivity index (χ0) is 14.2. The Kier molecular flexibility index (Phi) is 3.33. The maximum Gasteiger partial charge on any atom is 0.143 e. The van der Waals surface area contributed by atoms with Gasteiger partial charge in [0.1, 0.15) is 11.4 Å². The molecule has 4 rings (SSSR count). The van der Waals surface area contributed by atoms with Crippen LogP contribution in [0.3, 0.4) is 0 Å². The third-order valence-electron chi connectivity index (χ3n) is 3.26. The summed E-state index contributed by atoms with van der Waals surface area (Å²) in [7, 11) is 0. The number of benzene rings is 1. The number of fused-ring (bicyclic) bond motifs is 3. The molecule has 0 aliphatic rings. The molecular weight excluding hydrogens is 322 g/mol. The molecule has 3 nitrogen and oxygen atoms in total. The van der Waals surface area contributed by atoms with E-state index in [1.807, 2.05) is 18.2 Å². The molecule has 3 aromatic heterocycles. The van der Waals surface area contributed by atoms with E-state index in [2.05, 4.69) is 38.2 Å². The summed E-state index contributed by atoms with van der Waals surface area (Å²) >= 11 is 9.44. The van der Waals surface area contributed by atoms with Crippen molar-refractivity contribution in [3.05, 3.63) is 58.7 Å². The van der Waals surface area contributed by atoms with Crippen molar-refractivity contribution in [1.29, 1.82) is 0 Å². The minimum Gasteiger partial charge on any atom is -0.295 e. The number of halogens is 1. The molecule has 0 aliphatic carbocycles. The Morgan fingerprint density at radius 3 is 3.05 bits per heavy atom. The molecule has 0 saturated heterocycles. The van der Waals surface area contributed by atoms with Crippen LogP contribution in [-0.2, 0) is 5.75 Å². The third-order valence-corrected chi connectivity index (χ3v) is 5.39. The molecule has 4 aromatic rings. The molecule has 0 spiro atoms. The number of thiophene rings is 1. The number of aromatic nitrogens is 3. The molecule has 1 aromatic carbocycles. The van der Waals surface area contributed by atoms with Crippen LogP contribution in [0.15, 0.2) is 53.1 Å². The highest BCUT2D eigenvalue weighted by Crippen LogP contribution is 2.31. The van der Waals surface area contributed by atoms with Crippen molar-refractivity contribution in [3.63, 3.8) is 0 Å². The van der Waals surface area contributed by atoms with Gasteiger partial charge in [-0.05, 0) is 35.2 Å². The largest absolute Gasteiger partial charge is 0.295 e. The minimum absolute atomic E-state index is 0.764. The van der Waals surface area contributed by atoms with Gasteiger partial charge >= 0.3 is 0 Å². The van der Waals surface area contributed by atoms with Crippen molar-refractivity contribution in [2.24, 2.45) is 0 Å². The van der Waals surface area contributed by atoms with Gasteiger partial charge in [-0.1, -0.05) is 35.5 Å². The van der Waals surface area contributed by atoms with E-state index in [0.29, 0.717) is 0 Å². The van der Waals surface area contributed by atoms with Crippen LogP contribution in [0.25, 0.3) is 15.7 Å². The molecule has 3 heterocycles. The number of hydrogen-bond donors (Lipinski definition) is 0. The first-order valence-electron chi connectivity index (χ1n) is 6.38. The van der Waals surface area contributed by atoms with E-state index < -0.39 is 0 Å². The van der Waals surface area contributed by atoms with Crippen molar-refractivity contribution < 1.29 is 0 Å². The standard InChI is InChI=1S/C15H10ClN3S2/c16-11-3-1-2-10(6-11)8-21-15-13-7-14-12(4-5-20-14)19(13)9-17-18-15/h1-7,9H,8H2. The number of rotatable bonds is 3. The molecule has 6 heteroatoms. The quantitative estimate of drug-likeness (QED) is 0.501. The predicted molar refractivity (Wildman–Crippen MR) is 89.4 cm³/mol. The highest BCUT2D eigenvalue weighted by atomic mass is 35.5. The van der Waals surface area contributed by atoms with Crippen LogP contribution in [0.1, 0.15) is 5.56 Å². The van der Waals surface area contributed by atoms with Gasteiger partial charge in [-0.3, -0.25) is 4.40 Å². The second-order valence-electron chi connectivity index (χ2n) is 4.62. The molecule has 0 fully saturated rings. The topological polar surface area (TPSA) is 30.2 Å². The molecule has 0 atom stereocenters. The van der Waals surface area contributed by atoms with Crippen molar-refractivity contribution in [2.75, 3.05) is 0 Å². The Balaban J connectivity index is 1.70. The molecule has 0 aliphatic heterocycles. The van der Waals surface area contributed by atoms with Gasteiger partial charge in [0, 0.05) is 10.8 Å². The van der Waals surface area contributed by atoms with Crippen LogP contribution >= 0.6 is 34.7 Å². The summed E-state index contributed by atoms with van der Waals surface area (Å²) in [5.74, 6) is 0.827. The molecule has 104 valence electrons. The van der Waals surface area contributed by atoms with Crippen LogP contribution < -0.4 is 0 Å². The van der Waals surface area contributed by atoms with Crippen molar-refractivity contribution in [1.82, 2.24) is 14.6 Å². The first-order valence-corrected chi connectivity index (χ1v) is 8.63. The summed E-state index contributed by atoms with van der Waals surface area (Å²) in [5, 5.41) is 12.2. The zero-order valence-corrected chi connectivity index (χ0v) is 13.3. The molecular formula is C15H10ClN3S2. The highest BCUT2D eigenvalue weighted by molar-refractivity contribution is 7.98. The van der Waals surface area contributed by atoms with Gasteiger partial charge in [-0.15, -0.1) is 21.5 Å². The van der Waals surface area contributed by atoms with Gasteiger partial charge < -0.3 is 0 Å². The summed E-state index contributed by atoms with van der Waals surface area (Å²) in [4.78, 5) is 0. The van der Waals surface area contributed by atoms with E-state index in [0.717, 1.165) is 21.3 Å². The number of nitrogens with zero attached hydrogens (tertiary/aromatic N) is 3. The number of thioether (sulfide) groups is 1. The van der Waals surface area contributed by atoms with Crippen LogP contribution in [0.2, 0.25) is 5.02 Å². The van der Waals surface area contributed by atoms with Gasteiger partial charge in [0.2, 0.25) is 0 Å². The first-order chi connectivity index (χ1) is 10.3. The molecule has 0 unspecified atom stereocenters. The van der Waals surface area contributed by atoms with Crippen molar-refractivity contribution in [3.8, 4) is 0 Å². The molecule has 0 bridgehead atoms. The van der Waals surface area contributed by atoms with E-state index in [9.17, 15) is 0 Å². The second kappa shape index (κ2) is 5.33. The Labute approximate surface area is 134 Å². The summed E-state index contributed by atoms with van der Waals surface area (Å²) in [6, 6.07) is 12.2. The van der Waals surface area contributed by atoms with Crippen molar-refractivity contribution >= 4 is 50.4 Å². The predicted octanol–water partition coefficient (Wildman–Crippen LogP) is 4.89. The van der Waals surface area contributed by atoms with Crippen LogP contribution in [-0.4, -0.2) is 14.6 Å². The lowest BCUT2D eigenvalue weighted by molar-refractivity contribution is 0.885. The van der Waals surface area contributed by atoms with Gasteiger partial charge in [-0.25, -0.2) is 0 Å². The SMILES string of the molecule is Clc1cccc(CSc2nncn3c2cc2sccc23)c1. The average Bonchev–Trinajstić information content (AvgIpc) is 3.06. The van der Waals surface area contributed by atoms with Gasteiger partial charge in [-0.2, -0.15) is 0 Å². The average molecular weight is 332 g/mol. The molecule has 21 heavy (non-hydrogen) atoms. The minimum atomic E-state index is 0.764. The summed E-state index contributed by atoms with van der Waals surface area (Å²) < 4.78 is 3.36. The van der Waals surface area contributed by atoms with Crippen LogP contribution in [0.4, 0.5) is 0 Å². The fourth-order valence-corrected chi connectivity index (χ4v) is 4.21. The Hall–Kier alpha value is -1.56. The van der Waals surface area contributed by atoms with E-state index in [1.54, 1.807) is 29.4 Å². The van der Waals surface area contributed by atoms with E-state index in [-0.39, 0.29) is 0 Å². The monoisotopic (exact) mass is 331 g/mol. The van der Waals surface area contributed by atoms with Crippen molar-refractivity contribution in [2.45, 2.75) is 10.8 Å². The highest BCUT2D eigenvalue weighted by Gasteiger charge is 2.10. The van der Waals surface area contributed by atoms with E-state index >= 15 is 0 Å². The molecule has 0 N–H and O–H groups in total. The Morgan fingerprint density at radius 1 is 1.19 bits per heavy atom. The third kappa shape index (κ3) is 2.41. The number of hydrogen-bond acceptors (Lipinski definition) is 4.